The van der Waals surface area contributed by atoms with Crippen molar-refractivity contribution in [3.05, 3.63) is 95.6 Å². The number of nitrogens with two attached hydrogens (primary N) is 7. The molecule has 0 heterocycles. The number of carbonyl (C=O) groups is 19. The number of benzene rings is 3. The number of phenolic OH excluding ortho intramolecular Hbond substituents is 2. The van der Waals surface area contributed by atoms with Crippen LogP contribution in [-0.2, 0) is 99.1 Å². The smallest absolute Gasteiger partial charge is 0.326 e. The Balaban J connectivity index is 2.01. The number of Topliss-reactive ketones (excluding diaryl/α,β-unsaturated/α-hetero) is 1. The van der Waals surface area contributed by atoms with Crippen LogP contribution in [0.2, 0.25) is 0 Å². The van der Waals surface area contributed by atoms with Gasteiger partial charge in [-0.15, -0.1) is 11.8 Å². The first-order valence-corrected chi connectivity index (χ1v) is 50.2. The first-order valence-electron chi connectivity index (χ1n) is 47.3. The van der Waals surface area contributed by atoms with E-state index in [1.54, 1.807) is 30.3 Å². The first kappa shape index (κ1) is 128. The third kappa shape index (κ3) is 51.6. The Morgan fingerprint density at radius 3 is 1.09 bits per heavy atom. The van der Waals surface area contributed by atoms with Gasteiger partial charge in [0.05, 0.1) is 37.2 Å². The average Bonchev–Trinajstić information content (AvgIpc) is 0.847. The summed E-state index contributed by atoms with van der Waals surface area (Å²) in [5.74, 6) is -25.3. The number of aliphatic hydroxyl groups is 1. The normalized spacial score (nSPS) is 13.9. The van der Waals surface area contributed by atoms with Gasteiger partial charge in [-0.2, -0.15) is 24.4 Å². The van der Waals surface area contributed by atoms with Crippen molar-refractivity contribution in [1.82, 2.24) is 112 Å². The molecule has 0 unspecified atom stereocenters. The highest BCUT2D eigenvalue weighted by Crippen LogP contribution is 2.19. The molecule has 0 aliphatic heterocycles. The third-order valence-electron chi connectivity index (χ3n) is 21.8. The predicted molar refractivity (Wildman–Crippen MR) is 554 cm³/mol. The van der Waals surface area contributed by atoms with Gasteiger partial charge in [0.15, 0.2) is 35.6 Å². The van der Waals surface area contributed by atoms with Gasteiger partial charge in [0.25, 0.3) is 0 Å². The number of carboxylic acids is 1. The lowest BCUT2D eigenvalue weighted by Gasteiger charge is -2.29. The highest BCUT2D eigenvalue weighted by molar-refractivity contribution is 8.00. The van der Waals surface area contributed by atoms with Gasteiger partial charge in [0.2, 0.25) is 100 Å². The topological polar surface area (TPSA) is 959 Å². The van der Waals surface area contributed by atoms with E-state index < -0.39 is 282 Å². The standard InChI is InChI=1S/C90H143N33O23S3/c1-45(2)69(83(143)114-57(19-12-32-105-88(97)98)76(136)120-65(42-149-44-109-48(6)125)82(142)121-64(41-148-43-66(128)51-15-8-7-9-16-51)81(141)118-62(39-124)79(139)112-56(18-11-31-104-87(95)96)74(134)115-59(85(145)146)21-14-34-107-90(101)102)123-78(138)60(36-50-24-28-53(127)29-25-50)116-75(135)55(17-10-30-103-86(93)94)111-71(131)47(5)110-68(130)38-108-73(133)61(37-67(92)129)117-84(144)70(46(3)4)122-77(137)58(20-13-33-106-89(99)100)113-80(140)63(40-147)119-72(132)54(91)35-49-22-26-52(126)27-23-49/h7-9,15-16,22-29,45-47,54-65,69-70,124,126-127,147H,10-14,17-21,30-44,91H2,1-6H3,(H2,92,129)(H,108,133)(H,109,125)(H,110,130)(H,111,131)(H,112,139)(H,113,140)(H,114,143)(H,115,134)(H,116,135)(H,117,144)(H,118,141)(H,119,132)(H,120,136)(H,121,142)(H,122,137)(H,123,138)(H,145,146)(H4,93,94,103)(H4,95,96,104)(H4,97,98,105)(H4,99,100,106)(H4,101,102,107)/t47-,54-,55-,56-,57-,58-,59-,60-,61-,62-,63-,64-,65-,69-,70-/m0/s1. The highest BCUT2D eigenvalue weighted by atomic mass is 32.2. The minimum atomic E-state index is -1.94. The van der Waals surface area contributed by atoms with E-state index in [-0.39, 0.29) is 138 Å². The number of hydrogen-bond donors (Lipinski definition) is 38. The Morgan fingerprint density at radius 1 is 0.362 bits per heavy atom. The van der Waals surface area contributed by atoms with Crippen LogP contribution in [0.3, 0.4) is 0 Å². The maximum Gasteiger partial charge on any atom is 0.326 e. The molecule has 0 aliphatic rings. The molecule has 0 aliphatic carbocycles. The largest absolute Gasteiger partial charge is 0.508 e. The summed E-state index contributed by atoms with van der Waals surface area (Å²) >= 11 is 5.93. The molecule has 0 fully saturated rings. The van der Waals surface area contributed by atoms with Crippen LogP contribution >= 0.6 is 36.2 Å². The number of phenols is 2. The number of ketones is 1. The number of amides is 17. The van der Waals surface area contributed by atoms with Crippen molar-refractivity contribution in [2.24, 2.45) is 52.0 Å². The second kappa shape index (κ2) is 68.2. The van der Waals surface area contributed by atoms with Crippen molar-refractivity contribution in [3.63, 3.8) is 0 Å². The molecule has 59 heteroatoms. The number of aliphatic hydroxyl groups excluding tert-OH is 1. The minimum absolute atomic E-state index is 0.00440. The summed E-state index contributed by atoms with van der Waals surface area (Å²) in [5.41, 5.74) is 40.2. The molecule has 149 heavy (non-hydrogen) atoms. The zero-order valence-electron chi connectivity index (χ0n) is 83.3. The van der Waals surface area contributed by atoms with Gasteiger partial charge in [-0.1, -0.05) is 82.3 Å². The quantitative estimate of drug-likeness (QED) is 0.00623. The number of thiol groups is 1. The van der Waals surface area contributed by atoms with Crippen LogP contribution in [0.5, 0.6) is 11.5 Å². The molecule has 0 bridgehead atoms. The number of nitrogens with one attached hydrogen (secondary N) is 26. The molecule has 824 valence electrons. The number of carboxylic acid groups (broad SMARTS) is 1. The van der Waals surface area contributed by atoms with Crippen molar-refractivity contribution in [3.8, 4) is 11.5 Å². The lowest BCUT2D eigenvalue weighted by Crippen LogP contribution is -2.62. The molecule has 44 N–H and O–H groups in total. The van der Waals surface area contributed by atoms with Crippen LogP contribution in [0.1, 0.15) is 134 Å². The average molecular weight is 2150 g/mol. The zero-order valence-corrected chi connectivity index (χ0v) is 85.9. The molecule has 0 saturated heterocycles. The highest BCUT2D eigenvalue weighted by Gasteiger charge is 2.40. The van der Waals surface area contributed by atoms with E-state index in [1.807, 2.05) is 0 Å². The maximum atomic E-state index is 15.1. The molecular weight excluding hydrogens is 2010 g/mol. The third-order valence-corrected chi connectivity index (χ3v) is 24.1. The van der Waals surface area contributed by atoms with Crippen molar-refractivity contribution in [1.29, 1.82) is 27.0 Å². The summed E-state index contributed by atoms with van der Waals surface area (Å²) in [6, 6.07) is -5.09. The number of hydrogen-bond acceptors (Lipinski definition) is 31. The molecule has 0 aromatic heterocycles. The number of aromatic hydroxyl groups is 2. The summed E-state index contributed by atoms with van der Waals surface area (Å²) in [5, 5.41) is 131. The Bertz CT molecular complexity index is 5060. The lowest BCUT2D eigenvalue weighted by molar-refractivity contribution is -0.142. The van der Waals surface area contributed by atoms with Crippen LogP contribution in [-0.4, -0.2) is 328 Å². The van der Waals surface area contributed by atoms with E-state index in [4.69, 9.17) is 67.2 Å². The summed E-state index contributed by atoms with van der Waals surface area (Å²) in [6.45, 7) is 6.11. The first-order chi connectivity index (χ1) is 70.3. The number of thioether (sulfide) groups is 2. The van der Waals surface area contributed by atoms with Gasteiger partial charge in [-0.05, 0) is 125 Å². The van der Waals surface area contributed by atoms with Gasteiger partial charge in [-0.3, -0.25) is 113 Å². The number of aliphatic carboxylic acids is 1. The van der Waals surface area contributed by atoms with Gasteiger partial charge >= 0.3 is 5.97 Å². The van der Waals surface area contributed by atoms with Crippen LogP contribution < -0.4 is 152 Å². The van der Waals surface area contributed by atoms with Crippen molar-refractivity contribution >= 4 is 178 Å². The summed E-state index contributed by atoms with van der Waals surface area (Å²) in [4.78, 5) is 265. The van der Waals surface area contributed by atoms with E-state index >= 15 is 14.4 Å². The maximum absolute atomic E-state index is 15.1. The number of carbonyl (C=O) groups excluding carboxylic acids is 18. The van der Waals surface area contributed by atoms with E-state index in [9.17, 15) is 97.1 Å². The van der Waals surface area contributed by atoms with Crippen LogP contribution in [0.4, 0.5) is 0 Å². The molecule has 0 radical (unpaired) electrons. The monoisotopic (exact) mass is 2150 g/mol. The molecule has 3 aromatic rings. The number of primary amides is 1. The van der Waals surface area contributed by atoms with Crippen molar-refractivity contribution < 1.29 is 112 Å². The zero-order chi connectivity index (χ0) is 112. The number of guanidine groups is 5. The predicted octanol–water partition coefficient (Wildman–Crippen LogP) is -9.91. The Labute approximate surface area is 873 Å². The summed E-state index contributed by atoms with van der Waals surface area (Å²) in [6.07, 6.45) is -2.37. The molecule has 0 saturated carbocycles. The second-order valence-electron chi connectivity index (χ2n) is 34.8. The molecule has 17 amide bonds. The molecular formula is C90H143N33O23S3. The van der Waals surface area contributed by atoms with Crippen LogP contribution in [0.15, 0.2) is 78.9 Å². The molecule has 15 atom stereocenters. The van der Waals surface area contributed by atoms with E-state index in [0.717, 1.165) is 23.5 Å². The van der Waals surface area contributed by atoms with Crippen molar-refractivity contribution in [2.45, 2.75) is 216 Å². The van der Waals surface area contributed by atoms with Gasteiger partial charge in [0, 0.05) is 68.9 Å². The molecule has 0 spiro atoms. The van der Waals surface area contributed by atoms with E-state index in [2.05, 4.69) is 124 Å². The SMILES string of the molecule is CC(=O)NCSC[C@H](NC(=O)[C@H](CCCNC(=N)N)NC(=O)[C@@H](NC(=O)[C@H](Cc1ccc(O)cc1)NC(=O)[C@H](CCCNC(=N)N)NC(=O)[C@H](C)NC(=O)CNC(=O)[C@H](CC(N)=O)NC(=O)[C@@H](NC(=O)[C@H](CCCNC(=N)N)NC(=O)[C@H](CS)NC(=O)[C@@H](N)Cc1ccc(O)cc1)C(C)C)C(C)C)C(=O)N[C@@H](CSCC(=O)c1ccccc1)C(=O)N[C@@H](CO)C(=O)N[C@@H](CCCNC(=N)N)C(=O)N[C@@H](CCCNC(=N)N)C(=O)O. The van der Waals surface area contributed by atoms with Gasteiger partial charge in [0.1, 0.15) is 96.1 Å². The fourth-order valence-electron chi connectivity index (χ4n) is 13.7. The van der Waals surface area contributed by atoms with Crippen LogP contribution in [0, 0.1) is 38.9 Å². The minimum Gasteiger partial charge on any atom is -0.508 e. The van der Waals surface area contributed by atoms with E-state index in [0.29, 0.717) is 11.1 Å². The fourth-order valence-corrected chi connectivity index (χ4v) is 15.8. The fraction of sp³-hybridized carbons (Fsp3) is 0.533. The van der Waals surface area contributed by atoms with Gasteiger partial charge < -0.3 is 172 Å². The van der Waals surface area contributed by atoms with Crippen molar-refractivity contribution in [2.75, 3.05) is 74.8 Å². The van der Waals surface area contributed by atoms with E-state index in [1.165, 1.54) is 90.1 Å². The van der Waals surface area contributed by atoms with Crippen LogP contribution in [0.25, 0.3) is 0 Å². The molecule has 3 aromatic carbocycles. The Morgan fingerprint density at radius 2 is 0.698 bits per heavy atom. The Kier molecular flexibility index (Phi) is 58.5. The Hall–Kier alpha value is -15.3. The van der Waals surface area contributed by atoms with Gasteiger partial charge in [-0.25, -0.2) is 4.79 Å². The summed E-state index contributed by atoms with van der Waals surface area (Å²) in [7, 11) is 0. The lowest BCUT2D eigenvalue weighted by atomic mass is 9.99. The number of rotatable bonds is 70. The molecule has 56 nitrogen and oxygen atoms in total. The summed E-state index contributed by atoms with van der Waals surface area (Å²) < 4.78 is 0. The second-order valence-corrected chi connectivity index (χ2v) is 37.3. The molecule has 3 rings (SSSR count).